The third kappa shape index (κ3) is 5.17. The van der Waals surface area contributed by atoms with E-state index in [1.54, 1.807) is 0 Å². The van der Waals surface area contributed by atoms with Gasteiger partial charge in [0.2, 0.25) is 0 Å². The van der Waals surface area contributed by atoms with Gasteiger partial charge in [0.05, 0.1) is 12.3 Å². The summed E-state index contributed by atoms with van der Waals surface area (Å²) in [6.07, 6.45) is 0. The molecule has 0 radical (unpaired) electrons. The summed E-state index contributed by atoms with van der Waals surface area (Å²) in [5.41, 5.74) is 4.55. The first-order chi connectivity index (χ1) is 11.6. The first-order valence-corrected chi connectivity index (χ1v) is 7.95. The number of hydrogen-bond acceptors (Lipinski definition) is 5. The zero-order chi connectivity index (χ0) is 17.4. The molecule has 24 heavy (non-hydrogen) atoms. The van der Waals surface area contributed by atoms with E-state index in [-0.39, 0.29) is 16.5 Å². The molecule has 0 amide bonds. The van der Waals surface area contributed by atoms with Crippen LogP contribution < -0.4 is 15.5 Å². The molecule has 2 N–H and O–H groups in total. The summed E-state index contributed by atoms with van der Waals surface area (Å²) >= 11 is 5.28. The Labute approximate surface area is 146 Å². The number of hydrazone groups is 1. The van der Waals surface area contributed by atoms with Crippen molar-refractivity contribution < 1.29 is 9.53 Å². The number of nitrogens with zero attached hydrogens (tertiary/aromatic N) is 1. The molecule has 0 spiro atoms. The maximum absolute atomic E-state index is 11.8. The third-order valence-corrected chi connectivity index (χ3v) is 3.34. The number of thiocarbonyl (C=S) groups is 1. The van der Waals surface area contributed by atoms with Crippen LogP contribution in [0.3, 0.4) is 0 Å². The molecule has 0 heterocycles. The van der Waals surface area contributed by atoms with E-state index in [1.165, 1.54) is 6.92 Å². The monoisotopic (exact) mass is 341 g/mol. The van der Waals surface area contributed by atoms with Gasteiger partial charge in [-0.05, 0) is 43.3 Å². The molecule has 0 saturated carbocycles. The van der Waals surface area contributed by atoms with Crippen LogP contribution in [0.25, 0.3) is 0 Å². The Morgan fingerprint density at radius 2 is 1.75 bits per heavy atom. The molecule has 0 aliphatic carbocycles. The van der Waals surface area contributed by atoms with E-state index in [2.05, 4.69) is 15.8 Å². The highest BCUT2D eigenvalue weighted by molar-refractivity contribution is 7.82. The Hall–Kier alpha value is -2.73. The van der Waals surface area contributed by atoms with Gasteiger partial charge >= 0.3 is 0 Å². The maximum Gasteiger partial charge on any atom is 0.182 e. The van der Waals surface area contributed by atoms with E-state index in [0.717, 1.165) is 17.1 Å². The van der Waals surface area contributed by atoms with Gasteiger partial charge in [0.15, 0.2) is 11.5 Å². The number of Topliss-reactive ketones (excluding diaryl/α,β-unsaturated/α-hetero) is 1. The fourth-order valence-corrected chi connectivity index (χ4v) is 2.22. The van der Waals surface area contributed by atoms with Gasteiger partial charge in [-0.1, -0.05) is 30.4 Å². The largest absolute Gasteiger partial charge is 0.494 e. The molecule has 0 bridgehead atoms. The Morgan fingerprint density at radius 1 is 1.08 bits per heavy atom. The second-order valence-electron chi connectivity index (χ2n) is 4.91. The molecule has 0 aliphatic rings. The molecular weight excluding hydrogens is 322 g/mol. The number of carbonyl (C=O) groups excluding carboxylic acids is 1. The van der Waals surface area contributed by atoms with Crippen molar-refractivity contribution in [1.82, 2.24) is 0 Å². The fourth-order valence-electron chi connectivity index (χ4n) is 1.91. The standard InChI is InChI=1S/C18H19N3O2S/c1-3-23-16-11-9-15(10-12-16)20-21-17(13(2)22)18(24)19-14-7-5-4-6-8-14/h4-12,20H,3H2,1-2H3,(H,19,24). The van der Waals surface area contributed by atoms with Crippen LogP contribution in [0.4, 0.5) is 11.4 Å². The van der Waals surface area contributed by atoms with Crippen LogP contribution in [0.5, 0.6) is 5.75 Å². The van der Waals surface area contributed by atoms with Crippen molar-refractivity contribution in [1.29, 1.82) is 0 Å². The van der Waals surface area contributed by atoms with Crippen molar-refractivity contribution in [3.05, 3.63) is 54.6 Å². The number of ketones is 1. The van der Waals surface area contributed by atoms with Crippen molar-refractivity contribution in [3.8, 4) is 5.75 Å². The minimum absolute atomic E-state index is 0.169. The van der Waals surface area contributed by atoms with E-state index in [4.69, 9.17) is 17.0 Å². The smallest absolute Gasteiger partial charge is 0.182 e. The Balaban J connectivity index is 2.07. The Morgan fingerprint density at radius 3 is 2.33 bits per heavy atom. The van der Waals surface area contributed by atoms with Gasteiger partial charge in [0.25, 0.3) is 0 Å². The van der Waals surface area contributed by atoms with Crippen molar-refractivity contribution in [2.45, 2.75) is 13.8 Å². The average Bonchev–Trinajstić information content (AvgIpc) is 2.57. The number of hydrogen-bond donors (Lipinski definition) is 2. The topological polar surface area (TPSA) is 62.7 Å². The highest BCUT2D eigenvalue weighted by Crippen LogP contribution is 2.15. The number of carbonyl (C=O) groups is 1. The lowest BCUT2D eigenvalue weighted by Gasteiger charge is -2.09. The summed E-state index contributed by atoms with van der Waals surface area (Å²) < 4.78 is 5.38. The minimum atomic E-state index is -0.220. The van der Waals surface area contributed by atoms with Gasteiger partial charge in [-0.2, -0.15) is 5.10 Å². The summed E-state index contributed by atoms with van der Waals surface area (Å²) in [6, 6.07) is 16.7. The van der Waals surface area contributed by atoms with Crippen molar-refractivity contribution in [2.75, 3.05) is 17.3 Å². The Bertz CT molecular complexity index is 728. The third-order valence-electron chi connectivity index (χ3n) is 3.04. The van der Waals surface area contributed by atoms with E-state index >= 15 is 0 Å². The molecule has 2 aromatic rings. The minimum Gasteiger partial charge on any atom is -0.494 e. The molecule has 5 nitrogen and oxygen atoms in total. The number of anilines is 2. The molecule has 124 valence electrons. The average molecular weight is 341 g/mol. The molecule has 6 heteroatoms. The van der Waals surface area contributed by atoms with Crippen LogP contribution in [0.15, 0.2) is 59.7 Å². The quantitative estimate of drug-likeness (QED) is 0.454. The van der Waals surface area contributed by atoms with Gasteiger partial charge in [-0.25, -0.2) is 0 Å². The van der Waals surface area contributed by atoms with E-state index in [9.17, 15) is 4.79 Å². The summed E-state index contributed by atoms with van der Waals surface area (Å²) in [6.45, 7) is 3.97. The van der Waals surface area contributed by atoms with E-state index in [1.807, 2.05) is 61.5 Å². The molecule has 0 atom stereocenters. The predicted molar refractivity (Wildman–Crippen MR) is 102 cm³/mol. The van der Waals surface area contributed by atoms with Gasteiger partial charge in [-0.3, -0.25) is 10.2 Å². The van der Waals surface area contributed by atoms with Crippen molar-refractivity contribution in [3.63, 3.8) is 0 Å². The van der Waals surface area contributed by atoms with Crippen LogP contribution in [-0.4, -0.2) is 23.1 Å². The molecule has 0 fully saturated rings. The van der Waals surface area contributed by atoms with Gasteiger partial charge in [-0.15, -0.1) is 0 Å². The molecule has 0 aromatic heterocycles. The van der Waals surface area contributed by atoms with Gasteiger partial charge in [0.1, 0.15) is 10.7 Å². The van der Waals surface area contributed by atoms with Crippen LogP contribution in [-0.2, 0) is 4.79 Å². The summed E-state index contributed by atoms with van der Waals surface area (Å²) in [4.78, 5) is 12.1. The highest BCUT2D eigenvalue weighted by Gasteiger charge is 2.13. The SMILES string of the molecule is CCOc1ccc(NN=C(C(C)=O)C(=S)Nc2ccccc2)cc1. The number of rotatable bonds is 7. The highest BCUT2D eigenvalue weighted by atomic mass is 32.1. The van der Waals surface area contributed by atoms with Crippen LogP contribution in [0, 0.1) is 0 Å². The molecular formula is C18H19N3O2S. The lowest BCUT2D eigenvalue weighted by molar-refractivity contribution is -0.110. The lowest BCUT2D eigenvalue weighted by atomic mass is 10.2. The molecule has 2 rings (SSSR count). The second kappa shape index (κ2) is 8.79. The first kappa shape index (κ1) is 17.6. The number of para-hydroxylation sites is 1. The second-order valence-corrected chi connectivity index (χ2v) is 5.31. The summed E-state index contributed by atoms with van der Waals surface area (Å²) in [5.74, 6) is 0.557. The fraction of sp³-hybridized carbons (Fsp3) is 0.167. The van der Waals surface area contributed by atoms with Crippen LogP contribution >= 0.6 is 12.2 Å². The van der Waals surface area contributed by atoms with Crippen LogP contribution in [0.2, 0.25) is 0 Å². The molecule has 0 aliphatic heterocycles. The Kier molecular flexibility index (Phi) is 6.45. The molecule has 0 saturated heterocycles. The molecule has 0 unspecified atom stereocenters. The molecule has 2 aromatic carbocycles. The lowest BCUT2D eigenvalue weighted by Crippen LogP contribution is -2.27. The number of ether oxygens (including phenoxy) is 1. The first-order valence-electron chi connectivity index (χ1n) is 7.54. The normalized spacial score (nSPS) is 10.8. The van der Waals surface area contributed by atoms with Gasteiger partial charge < -0.3 is 10.1 Å². The van der Waals surface area contributed by atoms with E-state index in [0.29, 0.717) is 6.61 Å². The zero-order valence-corrected chi connectivity index (χ0v) is 14.4. The summed E-state index contributed by atoms with van der Waals surface area (Å²) in [7, 11) is 0. The van der Waals surface area contributed by atoms with Crippen molar-refractivity contribution in [2.24, 2.45) is 5.10 Å². The number of benzene rings is 2. The van der Waals surface area contributed by atoms with Gasteiger partial charge in [0, 0.05) is 12.6 Å². The van der Waals surface area contributed by atoms with Crippen LogP contribution in [0.1, 0.15) is 13.8 Å². The van der Waals surface area contributed by atoms with Crippen molar-refractivity contribution >= 4 is 40.1 Å². The van der Waals surface area contributed by atoms with E-state index < -0.39 is 0 Å². The summed E-state index contributed by atoms with van der Waals surface area (Å²) in [5, 5.41) is 7.14. The maximum atomic E-state index is 11.8. The predicted octanol–water partition coefficient (Wildman–Crippen LogP) is 3.88. The zero-order valence-electron chi connectivity index (χ0n) is 13.6. The number of nitrogens with one attached hydrogen (secondary N) is 2.